The van der Waals surface area contributed by atoms with Crippen LogP contribution in [-0.2, 0) is 10.2 Å². The summed E-state index contributed by atoms with van der Waals surface area (Å²) < 4.78 is 5.60. The highest BCUT2D eigenvalue weighted by atomic mass is 127. The number of aryl methyl sites for hydroxylation is 1. The summed E-state index contributed by atoms with van der Waals surface area (Å²) >= 11 is 0. The lowest BCUT2D eigenvalue weighted by Crippen LogP contribution is -2.41. The van der Waals surface area contributed by atoms with Gasteiger partial charge in [0.2, 0.25) is 0 Å². The molecule has 0 atom stereocenters. The molecule has 2 fully saturated rings. The zero-order valence-corrected chi connectivity index (χ0v) is 16.9. The van der Waals surface area contributed by atoms with Gasteiger partial charge in [-0.3, -0.25) is 4.99 Å². The van der Waals surface area contributed by atoms with E-state index < -0.39 is 0 Å². The van der Waals surface area contributed by atoms with Crippen molar-refractivity contribution in [3.8, 4) is 0 Å². The van der Waals surface area contributed by atoms with E-state index in [1.165, 1.54) is 30.4 Å². The SMILES string of the molecule is Cc1ccccc1C1(CN=C(N)NCC2CCC2)CCOCC1.I. The fourth-order valence-corrected chi connectivity index (χ4v) is 3.68. The summed E-state index contributed by atoms with van der Waals surface area (Å²) in [6, 6.07) is 8.66. The van der Waals surface area contributed by atoms with Gasteiger partial charge in [0.25, 0.3) is 0 Å². The molecule has 1 aliphatic carbocycles. The topological polar surface area (TPSA) is 59.6 Å². The summed E-state index contributed by atoms with van der Waals surface area (Å²) in [6.07, 6.45) is 6.03. The highest BCUT2D eigenvalue weighted by Crippen LogP contribution is 2.37. The Morgan fingerprint density at radius 3 is 2.62 bits per heavy atom. The number of nitrogens with zero attached hydrogens (tertiary/aromatic N) is 1. The van der Waals surface area contributed by atoms with Crippen LogP contribution in [0, 0.1) is 12.8 Å². The van der Waals surface area contributed by atoms with Crippen molar-refractivity contribution in [2.75, 3.05) is 26.3 Å². The molecule has 5 heteroatoms. The second-order valence-electron chi connectivity index (χ2n) is 7.09. The molecule has 1 aromatic rings. The molecule has 0 spiro atoms. The molecule has 2 aliphatic rings. The molecule has 0 unspecified atom stereocenters. The van der Waals surface area contributed by atoms with E-state index in [9.17, 15) is 0 Å². The third kappa shape index (κ3) is 4.63. The normalized spacial score (nSPS) is 20.8. The standard InChI is InChI=1S/C19H29N3O.HI/c1-15-5-2-3-8-17(15)19(9-11-23-12-10-19)14-22-18(20)21-13-16-6-4-7-16;/h2-3,5,8,16H,4,6-7,9-14H2,1H3,(H3,20,21,22);1H. The molecule has 24 heavy (non-hydrogen) atoms. The molecule has 0 bridgehead atoms. The molecule has 0 aromatic heterocycles. The van der Waals surface area contributed by atoms with Crippen LogP contribution in [0.25, 0.3) is 0 Å². The zero-order valence-electron chi connectivity index (χ0n) is 14.6. The average Bonchev–Trinajstić information content (AvgIpc) is 2.53. The van der Waals surface area contributed by atoms with Crippen LogP contribution in [0.2, 0.25) is 0 Å². The minimum atomic E-state index is 0. The molecule has 4 nitrogen and oxygen atoms in total. The second kappa shape index (κ2) is 9.04. The van der Waals surface area contributed by atoms with E-state index in [1.54, 1.807) is 0 Å². The van der Waals surface area contributed by atoms with E-state index in [0.29, 0.717) is 5.96 Å². The Labute approximate surface area is 162 Å². The van der Waals surface area contributed by atoms with Crippen LogP contribution in [-0.4, -0.2) is 32.3 Å². The Balaban J connectivity index is 0.00000208. The first kappa shape index (κ1) is 19.5. The Morgan fingerprint density at radius 2 is 2.00 bits per heavy atom. The van der Waals surface area contributed by atoms with Crippen molar-refractivity contribution in [2.45, 2.75) is 44.4 Å². The van der Waals surface area contributed by atoms with Crippen molar-refractivity contribution in [2.24, 2.45) is 16.6 Å². The second-order valence-corrected chi connectivity index (χ2v) is 7.09. The maximum atomic E-state index is 6.10. The van der Waals surface area contributed by atoms with Crippen LogP contribution in [0.15, 0.2) is 29.3 Å². The molecular formula is C19H30IN3O. The summed E-state index contributed by atoms with van der Waals surface area (Å²) in [5.41, 5.74) is 8.90. The largest absolute Gasteiger partial charge is 0.381 e. The van der Waals surface area contributed by atoms with Crippen molar-refractivity contribution in [3.63, 3.8) is 0 Å². The minimum absolute atomic E-state index is 0. The van der Waals surface area contributed by atoms with Gasteiger partial charge in [0.1, 0.15) is 0 Å². The number of halogens is 1. The number of ether oxygens (including phenoxy) is 1. The Kier molecular flexibility index (Phi) is 7.34. The highest BCUT2D eigenvalue weighted by Gasteiger charge is 2.35. The van der Waals surface area contributed by atoms with Crippen LogP contribution < -0.4 is 11.1 Å². The van der Waals surface area contributed by atoms with Gasteiger partial charge in [0.15, 0.2) is 5.96 Å². The number of nitrogens with one attached hydrogen (secondary N) is 1. The number of hydrogen-bond donors (Lipinski definition) is 2. The van der Waals surface area contributed by atoms with Crippen LogP contribution in [0.3, 0.4) is 0 Å². The van der Waals surface area contributed by atoms with Crippen molar-refractivity contribution < 1.29 is 4.74 Å². The van der Waals surface area contributed by atoms with Gasteiger partial charge < -0.3 is 15.8 Å². The molecule has 1 aromatic carbocycles. The molecule has 1 saturated carbocycles. The van der Waals surface area contributed by atoms with E-state index in [1.807, 2.05) is 0 Å². The smallest absolute Gasteiger partial charge is 0.188 e. The lowest BCUT2D eigenvalue weighted by atomic mass is 9.72. The van der Waals surface area contributed by atoms with Gasteiger partial charge in [-0.05, 0) is 49.7 Å². The number of guanidine groups is 1. The van der Waals surface area contributed by atoms with Crippen molar-refractivity contribution in [1.29, 1.82) is 0 Å². The van der Waals surface area contributed by atoms with E-state index in [0.717, 1.165) is 45.1 Å². The predicted molar refractivity (Wildman–Crippen MR) is 110 cm³/mol. The molecule has 1 heterocycles. The Bertz CT molecular complexity index is 551. The van der Waals surface area contributed by atoms with Gasteiger partial charge in [0.05, 0.1) is 6.54 Å². The predicted octanol–water partition coefficient (Wildman–Crippen LogP) is 3.37. The van der Waals surface area contributed by atoms with Crippen LogP contribution in [0.4, 0.5) is 0 Å². The number of aliphatic imine (C=N–C) groups is 1. The third-order valence-corrected chi connectivity index (χ3v) is 5.51. The van der Waals surface area contributed by atoms with Crippen LogP contribution in [0.1, 0.15) is 43.2 Å². The van der Waals surface area contributed by atoms with Crippen molar-refractivity contribution in [1.82, 2.24) is 5.32 Å². The Hall–Kier alpha value is -0.820. The fraction of sp³-hybridized carbons (Fsp3) is 0.632. The third-order valence-electron chi connectivity index (χ3n) is 5.51. The molecule has 3 N–H and O–H groups in total. The number of benzene rings is 1. The maximum absolute atomic E-state index is 6.10. The highest BCUT2D eigenvalue weighted by molar-refractivity contribution is 14.0. The molecule has 3 rings (SSSR count). The van der Waals surface area contributed by atoms with E-state index >= 15 is 0 Å². The lowest BCUT2D eigenvalue weighted by molar-refractivity contribution is 0.0529. The molecule has 1 aliphatic heterocycles. The monoisotopic (exact) mass is 443 g/mol. The van der Waals surface area contributed by atoms with Crippen molar-refractivity contribution >= 4 is 29.9 Å². The molecule has 0 amide bonds. The first-order valence-corrected chi connectivity index (χ1v) is 8.87. The van der Waals surface area contributed by atoms with Crippen LogP contribution >= 0.6 is 24.0 Å². The average molecular weight is 443 g/mol. The summed E-state index contributed by atoms with van der Waals surface area (Å²) in [4.78, 5) is 4.70. The van der Waals surface area contributed by atoms with E-state index in [2.05, 4.69) is 36.5 Å². The lowest BCUT2D eigenvalue weighted by Gasteiger charge is -2.37. The summed E-state index contributed by atoms with van der Waals surface area (Å²) in [7, 11) is 0. The summed E-state index contributed by atoms with van der Waals surface area (Å²) in [6.45, 7) is 5.51. The Morgan fingerprint density at radius 1 is 1.29 bits per heavy atom. The van der Waals surface area contributed by atoms with Gasteiger partial charge in [-0.1, -0.05) is 30.7 Å². The number of nitrogens with two attached hydrogens (primary N) is 1. The zero-order chi connectivity index (χ0) is 16.1. The number of rotatable bonds is 5. The fourth-order valence-electron chi connectivity index (χ4n) is 3.68. The first-order chi connectivity index (χ1) is 11.2. The summed E-state index contributed by atoms with van der Waals surface area (Å²) in [5, 5.41) is 3.30. The minimum Gasteiger partial charge on any atom is -0.381 e. The van der Waals surface area contributed by atoms with Crippen molar-refractivity contribution in [3.05, 3.63) is 35.4 Å². The van der Waals surface area contributed by atoms with E-state index in [4.69, 9.17) is 15.5 Å². The summed E-state index contributed by atoms with van der Waals surface area (Å²) in [5.74, 6) is 1.38. The molecule has 1 saturated heterocycles. The van der Waals surface area contributed by atoms with Gasteiger partial charge in [-0.2, -0.15) is 0 Å². The molecule has 0 radical (unpaired) electrons. The van der Waals surface area contributed by atoms with Gasteiger partial charge in [-0.25, -0.2) is 0 Å². The van der Waals surface area contributed by atoms with Crippen LogP contribution in [0.5, 0.6) is 0 Å². The molecular weight excluding hydrogens is 413 g/mol. The maximum Gasteiger partial charge on any atom is 0.188 e. The molecule has 134 valence electrons. The quantitative estimate of drug-likeness (QED) is 0.417. The van der Waals surface area contributed by atoms with Gasteiger partial charge >= 0.3 is 0 Å². The first-order valence-electron chi connectivity index (χ1n) is 8.87. The van der Waals surface area contributed by atoms with Gasteiger partial charge in [0, 0.05) is 25.2 Å². The number of hydrogen-bond acceptors (Lipinski definition) is 2. The van der Waals surface area contributed by atoms with Gasteiger partial charge in [-0.15, -0.1) is 24.0 Å². The van der Waals surface area contributed by atoms with E-state index in [-0.39, 0.29) is 29.4 Å².